The summed E-state index contributed by atoms with van der Waals surface area (Å²) in [5.41, 5.74) is 1.90. The van der Waals surface area contributed by atoms with Crippen molar-refractivity contribution in [3.8, 4) is 5.75 Å². The van der Waals surface area contributed by atoms with Gasteiger partial charge < -0.3 is 15.3 Å². The first-order chi connectivity index (χ1) is 11.9. The molecule has 0 radical (unpaired) electrons. The number of carbonyl (C=O) groups excluding carboxylic acids is 1. The third-order valence-electron chi connectivity index (χ3n) is 4.93. The highest BCUT2D eigenvalue weighted by molar-refractivity contribution is 6.07. The molecular formula is C20H23FN2O2. The number of anilines is 2. The van der Waals surface area contributed by atoms with Gasteiger partial charge in [0.05, 0.1) is 16.8 Å². The highest BCUT2D eigenvalue weighted by atomic mass is 19.1. The van der Waals surface area contributed by atoms with Crippen LogP contribution in [0, 0.1) is 5.82 Å². The highest BCUT2D eigenvalue weighted by Crippen LogP contribution is 2.43. The van der Waals surface area contributed by atoms with E-state index >= 15 is 0 Å². The van der Waals surface area contributed by atoms with E-state index in [2.05, 4.69) is 5.32 Å². The molecule has 0 spiro atoms. The minimum atomic E-state index is -0.717. The van der Waals surface area contributed by atoms with E-state index in [1.165, 1.54) is 6.07 Å². The monoisotopic (exact) mass is 342 g/mol. The lowest BCUT2D eigenvalue weighted by molar-refractivity contribution is -0.122. The average molecular weight is 342 g/mol. The summed E-state index contributed by atoms with van der Waals surface area (Å²) in [4.78, 5) is 14.3. The Kier molecular flexibility index (Phi) is 4.41. The Labute approximate surface area is 147 Å². The maximum absolute atomic E-state index is 14.3. The summed E-state index contributed by atoms with van der Waals surface area (Å²) in [6.45, 7) is 4.07. The quantitative estimate of drug-likeness (QED) is 0.812. The van der Waals surface area contributed by atoms with Gasteiger partial charge >= 0.3 is 0 Å². The zero-order valence-corrected chi connectivity index (χ0v) is 14.8. The van der Waals surface area contributed by atoms with Gasteiger partial charge in [-0.25, -0.2) is 4.39 Å². The third-order valence-corrected chi connectivity index (χ3v) is 4.93. The lowest BCUT2D eigenvalue weighted by Gasteiger charge is -2.20. The van der Waals surface area contributed by atoms with Gasteiger partial charge in [-0.2, -0.15) is 0 Å². The molecule has 2 aromatic rings. The summed E-state index contributed by atoms with van der Waals surface area (Å²) in [6.07, 6.45) is 1.24. The fourth-order valence-electron chi connectivity index (χ4n) is 3.48. The molecule has 1 aliphatic heterocycles. The van der Waals surface area contributed by atoms with Crippen molar-refractivity contribution in [3.05, 3.63) is 53.3 Å². The molecule has 132 valence electrons. The van der Waals surface area contributed by atoms with Gasteiger partial charge in [-0.15, -0.1) is 0 Å². The van der Waals surface area contributed by atoms with Crippen LogP contribution in [0.3, 0.4) is 0 Å². The number of nitrogens with zero attached hydrogens (tertiary/aromatic N) is 1. The summed E-state index contributed by atoms with van der Waals surface area (Å²) in [7, 11) is 1.75. The number of hydrogen-bond acceptors (Lipinski definition) is 3. The van der Waals surface area contributed by atoms with Crippen LogP contribution in [0.15, 0.2) is 36.4 Å². The van der Waals surface area contributed by atoms with Crippen molar-refractivity contribution in [3.63, 3.8) is 0 Å². The van der Waals surface area contributed by atoms with Crippen molar-refractivity contribution < 1.29 is 14.3 Å². The number of amides is 1. The zero-order chi connectivity index (χ0) is 18.2. The topological polar surface area (TPSA) is 52.6 Å². The highest BCUT2D eigenvalue weighted by Gasteiger charge is 2.44. The fraction of sp³-hybridized carbons (Fsp3) is 0.350. The molecule has 0 bridgehead atoms. The minimum absolute atomic E-state index is 0.0826. The molecule has 3 rings (SSSR count). The lowest BCUT2D eigenvalue weighted by atomic mass is 9.86. The predicted molar refractivity (Wildman–Crippen MR) is 97.8 cm³/mol. The molecule has 0 atom stereocenters. The average Bonchev–Trinajstić information content (AvgIpc) is 2.78. The maximum Gasteiger partial charge on any atom is 0.237 e. The molecule has 5 heteroatoms. The number of hydrogen-bond donors (Lipinski definition) is 2. The van der Waals surface area contributed by atoms with Crippen LogP contribution >= 0.6 is 0 Å². The molecular weight excluding hydrogens is 319 g/mol. The number of rotatable bonds is 5. The van der Waals surface area contributed by atoms with E-state index < -0.39 is 5.41 Å². The number of carbonyl (C=O) groups is 1. The van der Waals surface area contributed by atoms with Gasteiger partial charge in [-0.05, 0) is 49.9 Å². The van der Waals surface area contributed by atoms with Crippen molar-refractivity contribution in [2.24, 2.45) is 0 Å². The molecule has 2 N–H and O–H groups in total. The number of halogens is 1. The Hall–Kier alpha value is -2.56. The van der Waals surface area contributed by atoms with E-state index in [1.807, 2.05) is 32.0 Å². The molecule has 1 aliphatic rings. The second-order valence-electron chi connectivity index (χ2n) is 6.88. The molecule has 2 aromatic carbocycles. The van der Waals surface area contributed by atoms with Gasteiger partial charge in [-0.3, -0.25) is 4.79 Å². The Bertz CT molecular complexity index is 817. The largest absolute Gasteiger partial charge is 0.505 e. The van der Waals surface area contributed by atoms with Crippen LogP contribution in [0.1, 0.15) is 31.4 Å². The van der Waals surface area contributed by atoms with Crippen molar-refractivity contribution >= 4 is 17.3 Å². The number of aromatic hydroxyl groups is 1. The predicted octanol–water partition coefficient (Wildman–Crippen LogP) is 3.83. The molecule has 0 saturated heterocycles. The van der Waals surface area contributed by atoms with Crippen LogP contribution in [0.25, 0.3) is 0 Å². The minimum Gasteiger partial charge on any atom is -0.505 e. The van der Waals surface area contributed by atoms with E-state index in [-0.39, 0.29) is 17.5 Å². The first-order valence-electron chi connectivity index (χ1n) is 8.47. The van der Waals surface area contributed by atoms with Gasteiger partial charge in [0, 0.05) is 13.6 Å². The Morgan fingerprint density at radius 2 is 1.92 bits per heavy atom. The molecule has 1 amide bonds. The first kappa shape index (κ1) is 17.3. The number of para-hydroxylation sites is 2. The number of fused-ring (bicyclic) bond motifs is 1. The number of benzene rings is 2. The summed E-state index contributed by atoms with van der Waals surface area (Å²) < 4.78 is 14.3. The molecule has 0 saturated carbocycles. The van der Waals surface area contributed by atoms with E-state index in [1.54, 1.807) is 24.1 Å². The van der Waals surface area contributed by atoms with Gasteiger partial charge in [0.15, 0.2) is 0 Å². The zero-order valence-electron chi connectivity index (χ0n) is 14.8. The Morgan fingerprint density at radius 3 is 2.64 bits per heavy atom. The van der Waals surface area contributed by atoms with Crippen molar-refractivity contribution in [2.75, 3.05) is 23.8 Å². The molecule has 1 heterocycles. The maximum atomic E-state index is 14.3. The van der Waals surface area contributed by atoms with Crippen LogP contribution in [-0.4, -0.2) is 24.6 Å². The Balaban J connectivity index is 1.78. The molecule has 25 heavy (non-hydrogen) atoms. The van der Waals surface area contributed by atoms with Crippen LogP contribution in [0.4, 0.5) is 15.8 Å². The van der Waals surface area contributed by atoms with Crippen molar-refractivity contribution in [2.45, 2.75) is 32.1 Å². The Morgan fingerprint density at radius 1 is 1.20 bits per heavy atom. The summed E-state index contributed by atoms with van der Waals surface area (Å²) >= 11 is 0. The fourth-order valence-corrected chi connectivity index (χ4v) is 3.48. The smallest absolute Gasteiger partial charge is 0.237 e. The summed E-state index contributed by atoms with van der Waals surface area (Å²) in [5.74, 6) is -0.220. The first-order valence-corrected chi connectivity index (χ1v) is 8.47. The van der Waals surface area contributed by atoms with E-state index in [4.69, 9.17) is 0 Å². The number of phenols is 1. The molecule has 0 fully saturated rings. The third kappa shape index (κ3) is 2.84. The van der Waals surface area contributed by atoms with Crippen LogP contribution in [-0.2, 0) is 16.6 Å². The lowest BCUT2D eigenvalue weighted by Crippen LogP contribution is -2.37. The van der Waals surface area contributed by atoms with Crippen LogP contribution in [0.5, 0.6) is 5.75 Å². The van der Waals surface area contributed by atoms with Gasteiger partial charge in [0.2, 0.25) is 5.91 Å². The van der Waals surface area contributed by atoms with Gasteiger partial charge in [0.1, 0.15) is 11.6 Å². The molecule has 0 unspecified atom stereocenters. The molecule has 4 nitrogen and oxygen atoms in total. The number of phenolic OH excluding ortho intramolecular Hbond substituents is 1. The van der Waals surface area contributed by atoms with E-state index in [9.17, 15) is 14.3 Å². The second kappa shape index (κ2) is 6.39. The van der Waals surface area contributed by atoms with Crippen LogP contribution in [0.2, 0.25) is 0 Å². The van der Waals surface area contributed by atoms with Gasteiger partial charge in [-0.1, -0.05) is 24.3 Å². The van der Waals surface area contributed by atoms with E-state index in [0.717, 1.165) is 11.1 Å². The van der Waals surface area contributed by atoms with Crippen molar-refractivity contribution in [1.29, 1.82) is 0 Å². The summed E-state index contributed by atoms with van der Waals surface area (Å²) in [5, 5.41) is 13.2. The normalized spacial score (nSPS) is 15.4. The standard InChI is InChI=1S/C20H23FN2O2/c1-20(2)14-9-5-10-15(21)17(14)23(19(20)25)12-6-8-13-7-4-11-16(22-3)18(13)24/h4-5,7,9-11,22,24H,6,8,12H2,1-3H3. The number of nitrogens with one attached hydrogen (secondary N) is 1. The molecule has 0 aliphatic carbocycles. The van der Waals surface area contributed by atoms with Crippen LogP contribution < -0.4 is 10.2 Å². The van der Waals surface area contributed by atoms with Crippen molar-refractivity contribution in [1.82, 2.24) is 0 Å². The molecule has 0 aromatic heterocycles. The van der Waals surface area contributed by atoms with E-state index in [0.29, 0.717) is 30.8 Å². The SMILES string of the molecule is CNc1cccc(CCCN2C(=O)C(C)(C)c3cccc(F)c32)c1O. The second-order valence-corrected chi connectivity index (χ2v) is 6.88. The number of aryl methyl sites for hydroxylation is 1. The summed E-state index contributed by atoms with van der Waals surface area (Å²) in [6, 6.07) is 10.4. The van der Waals surface area contributed by atoms with Gasteiger partial charge in [0.25, 0.3) is 0 Å².